The molecule has 1 amide bonds. The molecule has 1 saturated heterocycles. The van der Waals surface area contributed by atoms with E-state index in [9.17, 15) is 9.90 Å². The van der Waals surface area contributed by atoms with Gasteiger partial charge in [0, 0.05) is 43.8 Å². The molecule has 0 aromatic carbocycles. The molecule has 0 aliphatic carbocycles. The molecule has 1 fully saturated rings. The van der Waals surface area contributed by atoms with Gasteiger partial charge in [-0.3, -0.25) is 4.98 Å². The van der Waals surface area contributed by atoms with Crippen molar-refractivity contribution in [3.63, 3.8) is 0 Å². The summed E-state index contributed by atoms with van der Waals surface area (Å²) in [5.41, 5.74) is 0.875. The van der Waals surface area contributed by atoms with Crippen molar-refractivity contribution in [2.75, 3.05) is 36.5 Å². The number of hydrogen-bond donors (Lipinski definition) is 2. The monoisotopic (exact) mass is 370 g/mol. The fourth-order valence-electron chi connectivity index (χ4n) is 3.60. The predicted octanol–water partition coefficient (Wildman–Crippen LogP) is 2.35. The fourth-order valence-corrected chi connectivity index (χ4v) is 3.60. The third-order valence-corrected chi connectivity index (χ3v) is 4.97. The SMILES string of the molecule is O=C(O)N1CCC(N2CCCOc3c(Nc4ccncc4)ncnc32)CC1. The van der Waals surface area contributed by atoms with Crippen molar-refractivity contribution >= 4 is 23.4 Å². The molecule has 2 aliphatic heterocycles. The highest BCUT2D eigenvalue weighted by Crippen LogP contribution is 2.38. The van der Waals surface area contributed by atoms with Crippen LogP contribution in [0.4, 0.5) is 22.1 Å². The van der Waals surface area contributed by atoms with Crippen LogP contribution in [0.3, 0.4) is 0 Å². The van der Waals surface area contributed by atoms with Gasteiger partial charge in [0.15, 0.2) is 11.6 Å². The Hall–Kier alpha value is -3.10. The van der Waals surface area contributed by atoms with Gasteiger partial charge in [-0.1, -0.05) is 0 Å². The van der Waals surface area contributed by atoms with E-state index in [1.54, 1.807) is 12.4 Å². The maximum atomic E-state index is 11.2. The Kier molecular flexibility index (Phi) is 4.91. The summed E-state index contributed by atoms with van der Waals surface area (Å²) in [6, 6.07) is 3.97. The maximum Gasteiger partial charge on any atom is 0.407 e. The second kappa shape index (κ2) is 7.65. The first-order valence-electron chi connectivity index (χ1n) is 9.12. The first-order chi connectivity index (χ1) is 13.2. The molecular formula is C18H22N6O3. The molecular weight excluding hydrogens is 348 g/mol. The van der Waals surface area contributed by atoms with Crippen LogP contribution in [0, 0.1) is 0 Å². The molecule has 0 atom stereocenters. The number of likely N-dealkylation sites (tertiary alicyclic amines) is 1. The fraction of sp³-hybridized carbons (Fsp3) is 0.444. The first kappa shape index (κ1) is 17.3. The van der Waals surface area contributed by atoms with E-state index in [0.29, 0.717) is 31.3 Å². The summed E-state index contributed by atoms with van der Waals surface area (Å²) in [4.78, 5) is 27.8. The first-order valence-corrected chi connectivity index (χ1v) is 9.12. The lowest BCUT2D eigenvalue weighted by atomic mass is 10.0. The van der Waals surface area contributed by atoms with Gasteiger partial charge < -0.3 is 25.0 Å². The summed E-state index contributed by atoms with van der Waals surface area (Å²) >= 11 is 0. The summed E-state index contributed by atoms with van der Waals surface area (Å²) in [5, 5.41) is 12.4. The van der Waals surface area contributed by atoms with Crippen LogP contribution in [-0.4, -0.2) is 63.3 Å². The molecule has 0 spiro atoms. The van der Waals surface area contributed by atoms with Gasteiger partial charge in [-0.15, -0.1) is 0 Å². The Labute approximate surface area is 157 Å². The van der Waals surface area contributed by atoms with E-state index in [-0.39, 0.29) is 6.04 Å². The minimum Gasteiger partial charge on any atom is -0.486 e. The van der Waals surface area contributed by atoms with E-state index >= 15 is 0 Å². The molecule has 142 valence electrons. The van der Waals surface area contributed by atoms with Gasteiger partial charge in [-0.05, 0) is 31.4 Å². The average molecular weight is 370 g/mol. The zero-order valence-electron chi connectivity index (χ0n) is 14.9. The summed E-state index contributed by atoms with van der Waals surface area (Å²) in [6.45, 7) is 2.51. The number of amides is 1. The molecule has 4 heterocycles. The predicted molar refractivity (Wildman–Crippen MR) is 99.6 cm³/mol. The average Bonchev–Trinajstić information content (AvgIpc) is 2.92. The molecule has 0 unspecified atom stereocenters. The van der Waals surface area contributed by atoms with Crippen molar-refractivity contribution in [2.45, 2.75) is 25.3 Å². The van der Waals surface area contributed by atoms with Gasteiger partial charge in [0.1, 0.15) is 6.33 Å². The summed E-state index contributed by atoms with van der Waals surface area (Å²) in [5.74, 6) is 2.04. The van der Waals surface area contributed by atoms with Crippen LogP contribution in [-0.2, 0) is 0 Å². The number of nitrogens with one attached hydrogen (secondary N) is 1. The number of ether oxygens (including phenoxy) is 1. The number of rotatable bonds is 3. The number of piperidine rings is 1. The number of carbonyl (C=O) groups is 1. The van der Waals surface area contributed by atoms with Crippen LogP contribution < -0.4 is 15.0 Å². The summed E-state index contributed by atoms with van der Waals surface area (Å²) in [6.07, 6.45) is 6.56. The van der Waals surface area contributed by atoms with E-state index < -0.39 is 6.09 Å². The van der Waals surface area contributed by atoms with Gasteiger partial charge >= 0.3 is 6.09 Å². The maximum absolute atomic E-state index is 11.2. The summed E-state index contributed by atoms with van der Waals surface area (Å²) in [7, 11) is 0. The molecule has 2 aromatic rings. The minimum absolute atomic E-state index is 0.240. The minimum atomic E-state index is -0.848. The molecule has 0 radical (unpaired) electrons. The van der Waals surface area contributed by atoms with Gasteiger partial charge in [-0.2, -0.15) is 0 Å². The summed E-state index contributed by atoms with van der Waals surface area (Å²) < 4.78 is 5.98. The van der Waals surface area contributed by atoms with Crippen LogP contribution in [0.5, 0.6) is 5.75 Å². The Balaban J connectivity index is 1.58. The lowest BCUT2D eigenvalue weighted by Gasteiger charge is -2.37. The smallest absolute Gasteiger partial charge is 0.407 e. The van der Waals surface area contributed by atoms with E-state index in [1.807, 2.05) is 12.1 Å². The zero-order chi connectivity index (χ0) is 18.6. The van der Waals surface area contributed by atoms with Crippen molar-refractivity contribution in [2.24, 2.45) is 0 Å². The molecule has 9 nitrogen and oxygen atoms in total. The molecule has 2 N–H and O–H groups in total. The Morgan fingerprint density at radius 2 is 1.96 bits per heavy atom. The highest BCUT2D eigenvalue weighted by Gasteiger charge is 2.31. The third-order valence-electron chi connectivity index (χ3n) is 4.97. The van der Waals surface area contributed by atoms with Gasteiger partial charge in [0.05, 0.1) is 6.61 Å². The second-order valence-electron chi connectivity index (χ2n) is 6.63. The number of fused-ring (bicyclic) bond motifs is 1. The lowest BCUT2D eigenvalue weighted by molar-refractivity contribution is 0.131. The number of carboxylic acid groups (broad SMARTS) is 1. The second-order valence-corrected chi connectivity index (χ2v) is 6.63. The van der Waals surface area contributed by atoms with Crippen molar-refractivity contribution in [1.82, 2.24) is 19.9 Å². The van der Waals surface area contributed by atoms with Crippen molar-refractivity contribution in [3.05, 3.63) is 30.9 Å². The molecule has 2 aliphatic rings. The quantitative estimate of drug-likeness (QED) is 0.848. The standard InChI is InChI=1S/C18H22N6O3/c25-18(26)23-9-4-14(5-10-23)24-8-1-11-27-15-16(20-12-21-17(15)24)22-13-2-6-19-7-3-13/h2-3,6-7,12,14H,1,4-5,8-11H2,(H,25,26)(H,19,20,21,22). The normalized spacial score (nSPS) is 17.6. The van der Waals surface area contributed by atoms with Crippen molar-refractivity contribution in [3.8, 4) is 5.75 Å². The molecule has 2 aromatic heterocycles. The largest absolute Gasteiger partial charge is 0.486 e. The van der Waals surface area contributed by atoms with Gasteiger partial charge in [-0.25, -0.2) is 14.8 Å². The Morgan fingerprint density at radius 1 is 1.19 bits per heavy atom. The Bertz CT molecular complexity index is 795. The highest BCUT2D eigenvalue weighted by atomic mass is 16.5. The molecule has 4 rings (SSSR count). The number of anilines is 3. The third kappa shape index (κ3) is 3.71. The van der Waals surface area contributed by atoms with E-state index in [2.05, 4.69) is 25.2 Å². The van der Waals surface area contributed by atoms with E-state index in [4.69, 9.17) is 4.74 Å². The van der Waals surface area contributed by atoms with Crippen LogP contribution in [0.2, 0.25) is 0 Å². The van der Waals surface area contributed by atoms with E-state index in [0.717, 1.165) is 37.3 Å². The van der Waals surface area contributed by atoms with E-state index in [1.165, 1.54) is 11.2 Å². The molecule has 0 saturated carbocycles. The van der Waals surface area contributed by atoms with Crippen molar-refractivity contribution in [1.29, 1.82) is 0 Å². The highest BCUT2D eigenvalue weighted by molar-refractivity contribution is 5.70. The van der Waals surface area contributed by atoms with Crippen LogP contribution >= 0.6 is 0 Å². The van der Waals surface area contributed by atoms with Crippen LogP contribution in [0.15, 0.2) is 30.9 Å². The zero-order valence-corrected chi connectivity index (χ0v) is 14.9. The molecule has 9 heteroatoms. The van der Waals surface area contributed by atoms with Crippen LogP contribution in [0.1, 0.15) is 19.3 Å². The number of aromatic nitrogens is 3. The van der Waals surface area contributed by atoms with Crippen molar-refractivity contribution < 1.29 is 14.6 Å². The molecule has 0 bridgehead atoms. The number of pyridine rings is 1. The lowest BCUT2D eigenvalue weighted by Crippen LogP contribution is -2.47. The number of nitrogens with zero attached hydrogens (tertiary/aromatic N) is 5. The van der Waals surface area contributed by atoms with Crippen LogP contribution in [0.25, 0.3) is 0 Å². The Morgan fingerprint density at radius 3 is 2.70 bits per heavy atom. The topological polar surface area (TPSA) is 104 Å². The molecule has 27 heavy (non-hydrogen) atoms. The van der Waals surface area contributed by atoms with Gasteiger partial charge in [0.25, 0.3) is 0 Å². The van der Waals surface area contributed by atoms with Gasteiger partial charge in [0.2, 0.25) is 5.75 Å². The number of hydrogen-bond acceptors (Lipinski definition) is 7.